The van der Waals surface area contributed by atoms with Crippen LogP contribution in [-0.2, 0) is 13.0 Å². The summed E-state index contributed by atoms with van der Waals surface area (Å²) in [5.74, 6) is 0.711. The van der Waals surface area contributed by atoms with Gasteiger partial charge in [-0.25, -0.2) is 15.0 Å². The molecule has 0 atom stereocenters. The van der Waals surface area contributed by atoms with Gasteiger partial charge in [-0.05, 0) is 54.4 Å². The van der Waals surface area contributed by atoms with E-state index in [0.29, 0.717) is 35.3 Å². The minimum Gasteiger partial charge on any atom is -0.384 e. The fourth-order valence-corrected chi connectivity index (χ4v) is 3.28. The first-order valence-electron chi connectivity index (χ1n) is 9.34. The van der Waals surface area contributed by atoms with Crippen molar-refractivity contribution in [3.8, 4) is 0 Å². The molecule has 0 bridgehead atoms. The van der Waals surface area contributed by atoms with Crippen molar-refractivity contribution in [1.82, 2.24) is 25.3 Å². The lowest BCUT2D eigenvalue weighted by molar-refractivity contribution is 0.0945. The Labute approximate surface area is 178 Å². The number of amides is 1. The van der Waals surface area contributed by atoms with Crippen LogP contribution in [0, 0.1) is 6.92 Å². The highest BCUT2D eigenvalue weighted by molar-refractivity contribution is 6.31. The summed E-state index contributed by atoms with van der Waals surface area (Å²) in [5.41, 5.74) is 9.45. The predicted octanol–water partition coefficient (Wildman–Crippen LogP) is 3.48. The fourth-order valence-electron chi connectivity index (χ4n) is 3.10. The molecule has 1 aromatic carbocycles. The Morgan fingerprint density at radius 3 is 2.80 bits per heavy atom. The van der Waals surface area contributed by atoms with Crippen molar-refractivity contribution in [3.05, 3.63) is 88.2 Å². The fraction of sp³-hybridized carbons (Fsp3) is 0.136. The number of fused-ring (bicyclic) bond motifs is 1. The number of nitrogens with zero attached hydrogens (tertiary/aromatic N) is 4. The van der Waals surface area contributed by atoms with Gasteiger partial charge in [0.2, 0.25) is 0 Å². The van der Waals surface area contributed by atoms with Gasteiger partial charge in [-0.1, -0.05) is 17.7 Å². The van der Waals surface area contributed by atoms with E-state index in [1.165, 1.54) is 0 Å². The molecule has 4 aromatic rings. The molecule has 8 heteroatoms. The average Bonchev–Trinajstić information content (AvgIpc) is 2.73. The van der Waals surface area contributed by atoms with Gasteiger partial charge < -0.3 is 11.1 Å². The van der Waals surface area contributed by atoms with Crippen molar-refractivity contribution in [2.75, 3.05) is 5.73 Å². The molecule has 0 fully saturated rings. The number of carbonyl (C=O) groups excluding carboxylic acids is 1. The van der Waals surface area contributed by atoms with E-state index in [9.17, 15) is 4.79 Å². The third-order valence-corrected chi connectivity index (χ3v) is 4.89. The number of hydrogen-bond donors (Lipinski definition) is 2. The molecule has 0 unspecified atom stereocenters. The Morgan fingerprint density at radius 1 is 1.10 bits per heavy atom. The minimum atomic E-state index is -0.279. The minimum absolute atomic E-state index is 0.279. The van der Waals surface area contributed by atoms with Gasteiger partial charge in [0.05, 0.1) is 5.52 Å². The first-order valence-corrected chi connectivity index (χ1v) is 9.72. The van der Waals surface area contributed by atoms with Gasteiger partial charge in [-0.3, -0.25) is 9.78 Å². The van der Waals surface area contributed by atoms with Crippen molar-refractivity contribution in [2.45, 2.75) is 19.9 Å². The van der Waals surface area contributed by atoms with Crippen molar-refractivity contribution in [1.29, 1.82) is 0 Å². The number of pyridine rings is 2. The van der Waals surface area contributed by atoms with Crippen LogP contribution in [0.1, 0.15) is 33.1 Å². The Hall–Kier alpha value is -3.58. The molecule has 7 nitrogen and oxygen atoms in total. The van der Waals surface area contributed by atoms with E-state index in [-0.39, 0.29) is 5.91 Å². The summed E-state index contributed by atoms with van der Waals surface area (Å²) in [4.78, 5) is 29.9. The quantitative estimate of drug-likeness (QED) is 0.513. The standard InChI is InChI=1S/C22H19ClN6O/c1-13-15(2-5-20(24)28-13)12-27-22(30)19-6-7-25-21(29-19)9-14-8-16-10-17(23)3-4-18(16)26-11-14/h2-8,10-11H,9,12H2,1H3,(H2,24,28)(H,27,30). The zero-order valence-corrected chi connectivity index (χ0v) is 17.0. The van der Waals surface area contributed by atoms with E-state index in [0.717, 1.165) is 27.7 Å². The lowest BCUT2D eigenvalue weighted by Gasteiger charge is -2.08. The average molecular weight is 419 g/mol. The molecule has 0 radical (unpaired) electrons. The van der Waals surface area contributed by atoms with Gasteiger partial charge in [-0.15, -0.1) is 0 Å². The van der Waals surface area contributed by atoms with Crippen molar-refractivity contribution in [2.24, 2.45) is 0 Å². The van der Waals surface area contributed by atoms with Crippen LogP contribution in [0.3, 0.4) is 0 Å². The second-order valence-corrected chi connectivity index (χ2v) is 7.32. The summed E-state index contributed by atoms with van der Waals surface area (Å²) in [6.45, 7) is 2.19. The second kappa shape index (κ2) is 8.42. The Balaban J connectivity index is 1.47. The third kappa shape index (κ3) is 4.52. The maximum atomic E-state index is 12.5. The van der Waals surface area contributed by atoms with Crippen LogP contribution in [-0.4, -0.2) is 25.8 Å². The molecule has 150 valence electrons. The summed E-state index contributed by atoms with van der Waals surface area (Å²) < 4.78 is 0. The number of nitrogens with one attached hydrogen (secondary N) is 1. The van der Waals surface area contributed by atoms with Gasteiger partial charge in [0.15, 0.2) is 0 Å². The van der Waals surface area contributed by atoms with Crippen molar-refractivity contribution < 1.29 is 4.79 Å². The Morgan fingerprint density at radius 2 is 1.97 bits per heavy atom. The number of halogens is 1. The first kappa shape index (κ1) is 19.7. The molecule has 0 aliphatic heterocycles. The molecule has 0 saturated carbocycles. The highest BCUT2D eigenvalue weighted by atomic mass is 35.5. The topological polar surface area (TPSA) is 107 Å². The molecule has 1 amide bonds. The molecule has 0 spiro atoms. The summed E-state index contributed by atoms with van der Waals surface area (Å²) >= 11 is 6.07. The monoisotopic (exact) mass is 418 g/mol. The smallest absolute Gasteiger partial charge is 0.270 e. The maximum Gasteiger partial charge on any atom is 0.270 e. The normalized spacial score (nSPS) is 10.9. The van der Waals surface area contributed by atoms with Gasteiger partial charge in [0, 0.05) is 41.5 Å². The number of anilines is 1. The van der Waals surface area contributed by atoms with Gasteiger partial charge in [0.1, 0.15) is 17.3 Å². The lowest BCUT2D eigenvalue weighted by atomic mass is 10.1. The van der Waals surface area contributed by atoms with E-state index < -0.39 is 0 Å². The second-order valence-electron chi connectivity index (χ2n) is 6.88. The van der Waals surface area contributed by atoms with E-state index in [1.807, 2.05) is 37.3 Å². The number of carbonyl (C=O) groups is 1. The highest BCUT2D eigenvalue weighted by Crippen LogP contribution is 2.19. The SMILES string of the molecule is Cc1nc(N)ccc1CNC(=O)c1ccnc(Cc2cnc3ccc(Cl)cc3c2)n1. The Bertz CT molecular complexity index is 1240. The van der Waals surface area contributed by atoms with Crippen molar-refractivity contribution >= 4 is 34.2 Å². The number of rotatable bonds is 5. The molecule has 4 rings (SSSR count). The number of nitrogens with two attached hydrogens (primary N) is 1. The van der Waals surface area contributed by atoms with Crippen LogP contribution in [0.2, 0.25) is 5.02 Å². The first-order chi connectivity index (χ1) is 14.5. The molecule has 0 saturated heterocycles. The molecular formula is C22H19ClN6O. The number of aryl methyl sites for hydroxylation is 1. The number of aromatic nitrogens is 4. The molecule has 3 heterocycles. The van der Waals surface area contributed by atoms with Crippen LogP contribution in [0.5, 0.6) is 0 Å². The largest absolute Gasteiger partial charge is 0.384 e. The van der Waals surface area contributed by atoms with Crippen LogP contribution < -0.4 is 11.1 Å². The van der Waals surface area contributed by atoms with E-state index in [1.54, 1.807) is 24.5 Å². The molecular weight excluding hydrogens is 400 g/mol. The highest BCUT2D eigenvalue weighted by Gasteiger charge is 2.11. The molecule has 3 aromatic heterocycles. The Kier molecular flexibility index (Phi) is 5.54. The maximum absolute atomic E-state index is 12.5. The summed E-state index contributed by atoms with van der Waals surface area (Å²) in [5, 5.41) is 4.46. The predicted molar refractivity (Wildman–Crippen MR) is 116 cm³/mol. The number of benzene rings is 1. The molecule has 0 aliphatic carbocycles. The number of hydrogen-bond acceptors (Lipinski definition) is 6. The zero-order chi connectivity index (χ0) is 21.1. The van der Waals surface area contributed by atoms with E-state index in [4.69, 9.17) is 17.3 Å². The molecule has 0 aliphatic rings. The van der Waals surface area contributed by atoms with E-state index in [2.05, 4.69) is 25.3 Å². The van der Waals surface area contributed by atoms with Crippen LogP contribution in [0.15, 0.2) is 54.9 Å². The van der Waals surface area contributed by atoms with Crippen LogP contribution in [0.4, 0.5) is 5.82 Å². The van der Waals surface area contributed by atoms with Gasteiger partial charge >= 0.3 is 0 Å². The van der Waals surface area contributed by atoms with Crippen molar-refractivity contribution in [3.63, 3.8) is 0 Å². The third-order valence-electron chi connectivity index (χ3n) is 4.66. The molecule has 3 N–H and O–H groups in total. The zero-order valence-electron chi connectivity index (χ0n) is 16.3. The lowest BCUT2D eigenvalue weighted by Crippen LogP contribution is -2.25. The summed E-state index contributed by atoms with van der Waals surface area (Å²) in [7, 11) is 0. The molecule has 30 heavy (non-hydrogen) atoms. The van der Waals surface area contributed by atoms with Gasteiger partial charge in [0.25, 0.3) is 5.91 Å². The van der Waals surface area contributed by atoms with Crippen LogP contribution in [0.25, 0.3) is 10.9 Å². The number of nitrogen functional groups attached to an aromatic ring is 1. The summed E-state index contributed by atoms with van der Waals surface area (Å²) in [6.07, 6.45) is 3.82. The van der Waals surface area contributed by atoms with Gasteiger partial charge in [-0.2, -0.15) is 0 Å². The van der Waals surface area contributed by atoms with Crippen LogP contribution >= 0.6 is 11.6 Å². The van der Waals surface area contributed by atoms with E-state index >= 15 is 0 Å². The summed E-state index contributed by atoms with van der Waals surface area (Å²) in [6, 6.07) is 12.7.